The van der Waals surface area contributed by atoms with Gasteiger partial charge in [-0.15, -0.1) is 0 Å². The lowest BCUT2D eigenvalue weighted by molar-refractivity contribution is -0.149. The molecule has 3 atom stereocenters. The summed E-state index contributed by atoms with van der Waals surface area (Å²) in [6, 6.07) is 16.1. The normalized spacial score (nSPS) is 13.2. The van der Waals surface area contributed by atoms with Crippen molar-refractivity contribution in [2.45, 2.75) is 57.8 Å². The van der Waals surface area contributed by atoms with Gasteiger partial charge in [-0.05, 0) is 41.9 Å². The van der Waals surface area contributed by atoms with Crippen molar-refractivity contribution in [2.24, 2.45) is 5.92 Å². The second kappa shape index (κ2) is 16.4. The van der Waals surface area contributed by atoms with Crippen molar-refractivity contribution < 1.29 is 23.9 Å². The lowest BCUT2D eigenvalue weighted by atomic mass is 10.0. The summed E-state index contributed by atoms with van der Waals surface area (Å²) < 4.78 is 5.53. The van der Waals surface area contributed by atoms with Crippen molar-refractivity contribution in [3.8, 4) is 0 Å². The van der Waals surface area contributed by atoms with Crippen LogP contribution in [0, 0.1) is 5.92 Å². The third kappa shape index (κ3) is 11.1. The number of amides is 3. The van der Waals surface area contributed by atoms with E-state index < -0.39 is 35.9 Å². The number of esters is 1. The first-order valence-electron chi connectivity index (χ1n) is 12.4. The Balaban J connectivity index is 2.16. The number of benzene rings is 2. The molecule has 0 aliphatic carbocycles. The van der Waals surface area contributed by atoms with Crippen molar-refractivity contribution in [1.82, 2.24) is 16.0 Å². The van der Waals surface area contributed by atoms with Crippen molar-refractivity contribution >= 4 is 36.0 Å². The highest BCUT2D eigenvalue weighted by atomic mass is 32.2. The number of nitrogens with one attached hydrogen (secondary N) is 3. The minimum Gasteiger partial charge on any atom is -0.459 e. The SMILES string of the molecule is CSCC[C@H](NC=O)C(=O)N[C@H](CC(C)C)C(=O)N[C@H](Cc1ccccc1)C(=O)OCc1ccccc1. The van der Waals surface area contributed by atoms with Gasteiger partial charge in [-0.3, -0.25) is 14.4 Å². The van der Waals surface area contributed by atoms with E-state index in [9.17, 15) is 19.2 Å². The number of rotatable bonds is 16. The molecule has 200 valence electrons. The third-order valence-electron chi connectivity index (χ3n) is 5.64. The van der Waals surface area contributed by atoms with Crippen molar-refractivity contribution in [1.29, 1.82) is 0 Å². The molecule has 9 heteroatoms. The Labute approximate surface area is 223 Å². The molecule has 0 aliphatic rings. The highest BCUT2D eigenvalue weighted by molar-refractivity contribution is 7.98. The Morgan fingerprint density at radius 3 is 2.00 bits per heavy atom. The second-order valence-corrected chi connectivity index (χ2v) is 10.1. The zero-order valence-electron chi connectivity index (χ0n) is 21.6. The molecule has 0 aromatic heterocycles. The molecule has 8 nitrogen and oxygen atoms in total. The molecule has 0 spiro atoms. The first-order valence-corrected chi connectivity index (χ1v) is 13.8. The molecule has 37 heavy (non-hydrogen) atoms. The predicted octanol–water partition coefficient (Wildman–Crippen LogP) is 2.86. The Hall–Kier alpha value is -3.33. The first-order chi connectivity index (χ1) is 17.8. The molecule has 3 amide bonds. The van der Waals surface area contributed by atoms with Gasteiger partial charge >= 0.3 is 5.97 Å². The zero-order chi connectivity index (χ0) is 27.0. The monoisotopic (exact) mass is 527 g/mol. The summed E-state index contributed by atoms with van der Waals surface area (Å²) in [6.45, 7) is 3.97. The first kappa shape index (κ1) is 29.9. The summed E-state index contributed by atoms with van der Waals surface area (Å²) in [5.41, 5.74) is 1.70. The van der Waals surface area contributed by atoms with Gasteiger partial charge in [0.2, 0.25) is 18.2 Å². The molecule has 0 fully saturated rings. The average Bonchev–Trinajstić information content (AvgIpc) is 2.89. The van der Waals surface area contributed by atoms with Crippen LogP contribution in [0.2, 0.25) is 0 Å². The average molecular weight is 528 g/mol. The molecular formula is C28H37N3O5S. The van der Waals surface area contributed by atoms with Crippen LogP contribution < -0.4 is 16.0 Å². The van der Waals surface area contributed by atoms with Crippen LogP contribution in [0.25, 0.3) is 0 Å². The molecule has 2 aromatic rings. The Kier molecular flexibility index (Phi) is 13.3. The van der Waals surface area contributed by atoms with E-state index in [2.05, 4.69) is 16.0 Å². The largest absolute Gasteiger partial charge is 0.459 e. The third-order valence-corrected chi connectivity index (χ3v) is 6.29. The maximum absolute atomic E-state index is 13.4. The topological polar surface area (TPSA) is 114 Å². The molecule has 0 radical (unpaired) electrons. The number of ether oxygens (including phenoxy) is 1. The van der Waals surface area contributed by atoms with Gasteiger partial charge in [0, 0.05) is 6.42 Å². The van der Waals surface area contributed by atoms with Crippen molar-refractivity contribution in [3.05, 3.63) is 71.8 Å². The van der Waals surface area contributed by atoms with Crippen molar-refractivity contribution in [2.75, 3.05) is 12.0 Å². The Bertz CT molecular complexity index is 988. The van der Waals surface area contributed by atoms with Gasteiger partial charge < -0.3 is 20.7 Å². The van der Waals surface area contributed by atoms with Gasteiger partial charge in [-0.1, -0.05) is 74.5 Å². The fourth-order valence-electron chi connectivity index (χ4n) is 3.73. The van der Waals surface area contributed by atoms with E-state index in [0.717, 1.165) is 11.1 Å². The van der Waals surface area contributed by atoms with Crippen LogP contribution in [0.5, 0.6) is 0 Å². The van der Waals surface area contributed by atoms with Crippen LogP contribution >= 0.6 is 11.8 Å². The molecule has 3 N–H and O–H groups in total. The van der Waals surface area contributed by atoms with Crippen molar-refractivity contribution in [3.63, 3.8) is 0 Å². The van der Waals surface area contributed by atoms with Gasteiger partial charge in [-0.2, -0.15) is 11.8 Å². The molecule has 0 saturated carbocycles. The van der Waals surface area contributed by atoms with E-state index in [0.29, 0.717) is 25.0 Å². The summed E-state index contributed by atoms with van der Waals surface area (Å²) in [5, 5.41) is 8.11. The lowest BCUT2D eigenvalue weighted by Gasteiger charge is -2.25. The minimum absolute atomic E-state index is 0.0848. The van der Waals surface area contributed by atoms with Crippen LogP contribution in [-0.2, 0) is 36.9 Å². The summed E-state index contributed by atoms with van der Waals surface area (Å²) in [7, 11) is 0. The van der Waals surface area contributed by atoms with E-state index in [1.54, 1.807) is 11.8 Å². The standard InChI is InChI=1S/C28H37N3O5S/c1-20(2)16-24(30-26(33)23(29-19-32)14-15-37-3)27(34)31-25(17-21-10-6-4-7-11-21)28(35)36-18-22-12-8-5-9-13-22/h4-13,19-20,23-25H,14-18H2,1-3H3,(H,29,32)(H,30,33)(H,31,34)/t23-,24+,25+/m0/s1. The molecular weight excluding hydrogens is 490 g/mol. The highest BCUT2D eigenvalue weighted by Gasteiger charge is 2.30. The Morgan fingerprint density at radius 2 is 1.43 bits per heavy atom. The van der Waals surface area contributed by atoms with Gasteiger partial charge in [-0.25, -0.2) is 4.79 Å². The lowest BCUT2D eigenvalue weighted by Crippen LogP contribution is -2.56. The molecule has 0 heterocycles. The number of carbonyl (C=O) groups is 4. The maximum Gasteiger partial charge on any atom is 0.329 e. The molecule has 2 aromatic carbocycles. The zero-order valence-corrected chi connectivity index (χ0v) is 22.5. The van der Waals surface area contributed by atoms with Gasteiger partial charge in [0.1, 0.15) is 24.7 Å². The second-order valence-electron chi connectivity index (χ2n) is 9.15. The van der Waals surface area contributed by atoms with E-state index in [1.807, 2.05) is 80.8 Å². The van der Waals surface area contributed by atoms with Crippen LogP contribution in [0.3, 0.4) is 0 Å². The summed E-state index contributed by atoms with van der Waals surface area (Å²) in [6.07, 6.45) is 3.44. The number of hydrogen-bond donors (Lipinski definition) is 3. The van der Waals surface area contributed by atoms with Crippen LogP contribution in [0.15, 0.2) is 60.7 Å². The molecule has 2 rings (SSSR count). The van der Waals surface area contributed by atoms with Gasteiger partial charge in [0.25, 0.3) is 0 Å². The van der Waals surface area contributed by atoms with E-state index in [4.69, 9.17) is 4.74 Å². The summed E-state index contributed by atoms with van der Waals surface area (Å²) in [5.74, 6) is -0.706. The fraction of sp³-hybridized carbons (Fsp3) is 0.429. The van der Waals surface area contributed by atoms with Gasteiger partial charge in [0.05, 0.1) is 0 Å². The smallest absolute Gasteiger partial charge is 0.329 e. The highest BCUT2D eigenvalue weighted by Crippen LogP contribution is 2.11. The number of hydrogen-bond acceptors (Lipinski definition) is 6. The fourth-order valence-corrected chi connectivity index (χ4v) is 4.20. The molecule has 0 aliphatic heterocycles. The van der Waals surface area contributed by atoms with E-state index in [-0.39, 0.29) is 18.9 Å². The number of carbonyl (C=O) groups excluding carboxylic acids is 4. The molecule has 0 bridgehead atoms. The van der Waals surface area contributed by atoms with E-state index >= 15 is 0 Å². The summed E-state index contributed by atoms with van der Waals surface area (Å²) >= 11 is 1.56. The minimum atomic E-state index is -0.939. The maximum atomic E-state index is 13.4. The quantitative estimate of drug-likeness (QED) is 0.229. The molecule has 0 unspecified atom stereocenters. The Morgan fingerprint density at radius 1 is 0.865 bits per heavy atom. The molecule has 0 saturated heterocycles. The van der Waals surface area contributed by atoms with Crippen LogP contribution in [0.1, 0.15) is 37.8 Å². The van der Waals surface area contributed by atoms with Gasteiger partial charge in [0.15, 0.2) is 0 Å². The predicted molar refractivity (Wildman–Crippen MR) is 146 cm³/mol. The van der Waals surface area contributed by atoms with Crippen LogP contribution in [0.4, 0.5) is 0 Å². The summed E-state index contributed by atoms with van der Waals surface area (Å²) in [4.78, 5) is 50.3. The van der Waals surface area contributed by atoms with E-state index in [1.165, 1.54) is 0 Å². The van der Waals surface area contributed by atoms with Crippen LogP contribution in [-0.4, -0.2) is 54.3 Å². The number of thioether (sulfide) groups is 1.